The fraction of sp³-hybridized carbons (Fsp3) is 0.417. The average molecular weight is 214 g/mol. The molecule has 0 fully saturated rings. The van der Waals surface area contributed by atoms with E-state index < -0.39 is 0 Å². The molecule has 0 saturated carbocycles. The summed E-state index contributed by atoms with van der Waals surface area (Å²) in [6, 6.07) is 4.21. The van der Waals surface area contributed by atoms with Crippen LogP contribution < -0.4 is 0 Å². The van der Waals surface area contributed by atoms with Crippen LogP contribution in [0.3, 0.4) is 0 Å². The van der Waals surface area contributed by atoms with E-state index in [1.807, 2.05) is 26.8 Å². The Bertz CT molecular complexity index is 491. The Morgan fingerprint density at radius 3 is 2.50 bits per heavy atom. The first-order valence-corrected chi connectivity index (χ1v) is 5.08. The van der Waals surface area contributed by atoms with Crippen molar-refractivity contribution in [3.8, 4) is 6.07 Å². The van der Waals surface area contributed by atoms with Crippen molar-refractivity contribution < 1.29 is 0 Å². The number of nitrogens with zero attached hydrogens (tertiary/aromatic N) is 4. The highest BCUT2D eigenvalue weighted by molar-refractivity contribution is 5.45. The molecule has 1 aromatic carbocycles. The fourth-order valence-corrected chi connectivity index (χ4v) is 1.97. The highest BCUT2D eigenvalue weighted by Crippen LogP contribution is 2.23. The van der Waals surface area contributed by atoms with Crippen LogP contribution in [0, 0.1) is 32.1 Å². The molecule has 0 radical (unpaired) electrons. The van der Waals surface area contributed by atoms with Crippen molar-refractivity contribution in [3.05, 3.63) is 44.3 Å². The predicted molar refractivity (Wildman–Crippen MR) is 62.8 cm³/mol. The Hall–Kier alpha value is -1.98. The van der Waals surface area contributed by atoms with Crippen molar-refractivity contribution in [2.45, 2.75) is 33.7 Å². The zero-order chi connectivity index (χ0) is 12.1. The first-order chi connectivity index (χ1) is 7.61. The Kier molecular flexibility index (Phi) is 3.93. The van der Waals surface area contributed by atoms with Gasteiger partial charge in [-0.1, -0.05) is 11.2 Å². The molecule has 0 bridgehead atoms. The van der Waals surface area contributed by atoms with Gasteiger partial charge in [-0.25, -0.2) is 0 Å². The van der Waals surface area contributed by atoms with E-state index in [1.165, 1.54) is 0 Å². The van der Waals surface area contributed by atoms with Crippen LogP contribution in [-0.4, -0.2) is 0 Å². The maximum absolute atomic E-state index is 8.77. The molecule has 0 saturated heterocycles. The molecule has 82 valence electrons. The predicted octanol–water partition coefficient (Wildman–Crippen LogP) is 3.49. The van der Waals surface area contributed by atoms with E-state index in [0.717, 1.165) is 27.8 Å². The van der Waals surface area contributed by atoms with Crippen LogP contribution in [-0.2, 0) is 13.0 Å². The molecule has 0 aliphatic heterocycles. The van der Waals surface area contributed by atoms with Crippen molar-refractivity contribution >= 4 is 0 Å². The lowest BCUT2D eigenvalue weighted by Gasteiger charge is -2.14. The minimum Gasteiger partial charge on any atom is -0.198 e. The first kappa shape index (κ1) is 12.1. The fourth-order valence-electron chi connectivity index (χ4n) is 1.97. The van der Waals surface area contributed by atoms with E-state index in [2.05, 4.69) is 16.1 Å². The second-order valence-corrected chi connectivity index (χ2v) is 3.82. The third kappa shape index (κ3) is 2.33. The molecule has 0 amide bonds. The van der Waals surface area contributed by atoms with E-state index in [-0.39, 0.29) is 0 Å². The SMILES string of the molecule is Cc1cc(C)c(CN=[N+]=[N-])c(C)c1CC#N. The minimum absolute atomic E-state index is 0.354. The van der Waals surface area contributed by atoms with E-state index >= 15 is 0 Å². The zero-order valence-electron chi connectivity index (χ0n) is 9.78. The Morgan fingerprint density at radius 2 is 1.94 bits per heavy atom. The van der Waals surface area contributed by atoms with Gasteiger partial charge in [0.2, 0.25) is 0 Å². The van der Waals surface area contributed by atoms with Crippen LogP contribution in [0.1, 0.15) is 27.8 Å². The molecule has 0 aromatic heterocycles. The number of nitriles is 1. The smallest absolute Gasteiger partial charge is 0.0669 e. The van der Waals surface area contributed by atoms with Crippen LogP contribution in [0.4, 0.5) is 0 Å². The molecule has 1 rings (SSSR count). The Labute approximate surface area is 95.1 Å². The largest absolute Gasteiger partial charge is 0.198 e. The van der Waals surface area contributed by atoms with Gasteiger partial charge in [0.1, 0.15) is 0 Å². The molecular weight excluding hydrogens is 200 g/mol. The minimum atomic E-state index is 0.354. The molecule has 0 atom stereocenters. The van der Waals surface area contributed by atoms with Gasteiger partial charge >= 0.3 is 0 Å². The lowest BCUT2D eigenvalue weighted by atomic mass is 9.92. The lowest BCUT2D eigenvalue weighted by molar-refractivity contribution is 0.987. The molecule has 4 nitrogen and oxygen atoms in total. The number of aryl methyl sites for hydroxylation is 2. The molecule has 0 spiro atoms. The summed E-state index contributed by atoms with van der Waals surface area (Å²) in [5, 5.41) is 12.4. The van der Waals surface area contributed by atoms with Crippen LogP contribution >= 0.6 is 0 Å². The van der Waals surface area contributed by atoms with Crippen molar-refractivity contribution in [1.29, 1.82) is 5.26 Å². The quantitative estimate of drug-likeness (QED) is 0.431. The van der Waals surface area contributed by atoms with E-state index in [4.69, 9.17) is 10.8 Å². The summed E-state index contributed by atoms with van der Waals surface area (Å²) in [6.07, 6.45) is 0.404. The second kappa shape index (κ2) is 5.20. The van der Waals surface area contributed by atoms with Gasteiger partial charge in [0.15, 0.2) is 0 Å². The maximum Gasteiger partial charge on any atom is 0.0669 e. The Morgan fingerprint density at radius 1 is 1.31 bits per heavy atom. The molecule has 0 heterocycles. The highest BCUT2D eigenvalue weighted by Gasteiger charge is 2.09. The van der Waals surface area contributed by atoms with Crippen molar-refractivity contribution in [2.24, 2.45) is 5.11 Å². The van der Waals surface area contributed by atoms with Crippen molar-refractivity contribution in [1.82, 2.24) is 0 Å². The van der Waals surface area contributed by atoms with E-state index in [9.17, 15) is 0 Å². The summed E-state index contributed by atoms with van der Waals surface area (Å²) in [5.74, 6) is 0. The topological polar surface area (TPSA) is 72.6 Å². The molecule has 0 aliphatic rings. The number of hydrogen-bond donors (Lipinski definition) is 0. The summed E-state index contributed by atoms with van der Waals surface area (Å²) >= 11 is 0. The van der Waals surface area contributed by atoms with Gasteiger partial charge in [-0.05, 0) is 54.1 Å². The van der Waals surface area contributed by atoms with Crippen molar-refractivity contribution in [2.75, 3.05) is 0 Å². The number of hydrogen-bond acceptors (Lipinski definition) is 2. The van der Waals surface area contributed by atoms with Crippen LogP contribution in [0.2, 0.25) is 0 Å². The van der Waals surface area contributed by atoms with Crippen molar-refractivity contribution in [3.63, 3.8) is 0 Å². The maximum atomic E-state index is 8.77. The summed E-state index contributed by atoms with van der Waals surface area (Å²) < 4.78 is 0. The summed E-state index contributed by atoms with van der Waals surface area (Å²) in [6.45, 7) is 6.34. The molecule has 0 aliphatic carbocycles. The van der Waals surface area contributed by atoms with Gasteiger partial charge in [-0.15, -0.1) is 0 Å². The Balaban J connectivity index is 3.33. The number of rotatable bonds is 3. The first-order valence-electron chi connectivity index (χ1n) is 5.08. The van der Waals surface area contributed by atoms with E-state index in [1.54, 1.807) is 0 Å². The normalized spacial score (nSPS) is 9.38. The van der Waals surface area contributed by atoms with Crippen LogP contribution in [0.25, 0.3) is 10.4 Å². The summed E-state index contributed by atoms with van der Waals surface area (Å²) in [4.78, 5) is 2.77. The van der Waals surface area contributed by atoms with Gasteiger partial charge in [0.05, 0.1) is 19.0 Å². The van der Waals surface area contributed by atoms with Gasteiger partial charge in [0, 0.05) is 4.91 Å². The van der Waals surface area contributed by atoms with Crippen LogP contribution in [0.15, 0.2) is 11.2 Å². The standard InChI is InChI=1S/C12H14N4/c1-8-6-9(2)12(7-15-16-14)10(3)11(8)4-5-13/h6H,4,7H2,1-3H3. The molecule has 0 N–H and O–H groups in total. The zero-order valence-corrected chi connectivity index (χ0v) is 9.78. The van der Waals surface area contributed by atoms with Gasteiger partial charge in [0.25, 0.3) is 0 Å². The molecule has 16 heavy (non-hydrogen) atoms. The lowest BCUT2D eigenvalue weighted by Crippen LogP contribution is -2.00. The monoisotopic (exact) mass is 214 g/mol. The van der Waals surface area contributed by atoms with Gasteiger partial charge in [-0.3, -0.25) is 0 Å². The third-order valence-corrected chi connectivity index (χ3v) is 2.84. The number of benzene rings is 1. The molecule has 0 unspecified atom stereocenters. The third-order valence-electron chi connectivity index (χ3n) is 2.84. The van der Waals surface area contributed by atoms with E-state index in [0.29, 0.717) is 13.0 Å². The number of azide groups is 1. The summed E-state index contributed by atoms with van der Waals surface area (Å²) in [5.41, 5.74) is 13.7. The van der Waals surface area contributed by atoms with Crippen LogP contribution in [0.5, 0.6) is 0 Å². The van der Waals surface area contributed by atoms with Gasteiger partial charge < -0.3 is 0 Å². The second-order valence-electron chi connectivity index (χ2n) is 3.82. The summed E-state index contributed by atoms with van der Waals surface area (Å²) in [7, 11) is 0. The van der Waals surface area contributed by atoms with Gasteiger partial charge in [-0.2, -0.15) is 5.26 Å². The highest BCUT2D eigenvalue weighted by atomic mass is 15.1. The molecule has 1 aromatic rings. The molecule has 4 heteroatoms. The average Bonchev–Trinajstić information content (AvgIpc) is 2.24. The molecular formula is C12H14N4.